The summed E-state index contributed by atoms with van der Waals surface area (Å²) < 4.78 is 42.5. The van der Waals surface area contributed by atoms with Gasteiger partial charge in [0, 0.05) is 0 Å². The molecule has 1 aliphatic heterocycles. The Morgan fingerprint density at radius 2 is 1.58 bits per heavy atom. The molecule has 0 N–H and O–H groups in total. The molecule has 2 atom stereocenters. The van der Waals surface area contributed by atoms with Crippen LogP contribution in [0.15, 0.2) is 24.3 Å². The Labute approximate surface area is 148 Å². The zero-order valence-electron chi connectivity index (χ0n) is 13.9. The van der Waals surface area contributed by atoms with Gasteiger partial charge >= 0.3 is 12.1 Å². The molecule has 3 rings (SSSR count). The molecule has 140 valence electrons. The number of alkyl halides is 3. The molecule has 0 aromatic heterocycles. The first-order valence-electron chi connectivity index (χ1n) is 8.44. The van der Waals surface area contributed by atoms with E-state index in [0.29, 0.717) is 18.4 Å². The first-order chi connectivity index (χ1) is 12.3. The summed E-state index contributed by atoms with van der Waals surface area (Å²) in [5, 5.41) is 0. The van der Waals surface area contributed by atoms with Gasteiger partial charge in [-0.1, -0.05) is 25.0 Å². The van der Waals surface area contributed by atoms with Crippen molar-refractivity contribution < 1.29 is 32.3 Å². The van der Waals surface area contributed by atoms with Crippen LogP contribution in [0.4, 0.5) is 13.2 Å². The molecule has 1 aromatic rings. The predicted octanol–water partition coefficient (Wildman–Crippen LogP) is 2.92. The summed E-state index contributed by atoms with van der Waals surface area (Å²) in [6, 6.07) is 4.25. The van der Waals surface area contributed by atoms with E-state index in [0.717, 1.165) is 29.9 Å². The molecule has 1 aliphatic carbocycles. The number of nitrogens with zero attached hydrogens (tertiary/aromatic N) is 1. The van der Waals surface area contributed by atoms with E-state index in [1.165, 1.54) is 12.1 Å². The lowest BCUT2D eigenvalue weighted by Crippen LogP contribution is -2.36. The van der Waals surface area contributed by atoms with E-state index in [2.05, 4.69) is 0 Å². The third-order valence-electron chi connectivity index (χ3n) is 4.90. The monoisotopic (exact) mass is 369 g/mol. The normalized spacial score (nSPS) is 23.1. The number of amides is 2. The Morgan fingerprint density at radius 3 is 2.08 bits per heavy atom. The van der Waals surface area contributed by atoms with Crippen molar-refractivity contribution in [3.63, 3.8) is 0 Å². The van der Waals surface area contributed by atoms with E-state index >= 15 is 0 Å². The van der Waals surface area contributed by atoms with Crippen LogP contribution in [-0.4, -0.2) is 29.2 Å². The van der Waals surface area contributed by atoms with Crippen molar-refractivity contribution in [2.75, 3.05) is 6.54 Å². The molecule has 2 amide bonds. The molecule has 1 aromatic carbocycles. The van der Waals surface area contributed by atoms with E-state index in [1.807, 2.05) is 0 Å². The largest absolute Gasteiger partial charge is 0.459 e. The fourth-order valence-corrected chi connectivity index (χ4v) is 3.52. The summed E-state index contributed by atoms with van der Waals surface area (Å²) in [6.07, 6.45) is -1.32. The summed E-state index contributed by atoms with van der Waals surface area (Å²) in [6.45, 7) is -0.675. The minimum absolute atomic E-state index is 0.222. The highest BCUT2D eigenvalue weighted by atomic mass is 19.4. The number of esters is 1. The molecule has 26 heavy (non-hydrogen) atoms. The highest BCUT2D eigenvalue weighted by molar-refractivity contribution is 6.07. The van der Waals surface area contributed by atoms with Crippen molar-refractivity contribution in [2.45, 2.75) is 38.5 Å². The Balaban J connectivity index is 1.54. The predicted molar refractivity (Wildman–Crippen MR) is 83.4 cm³/mol. The molecule has 0 bridgehead atoms. The smallest absolute Gasteiger partial charge is 0.416 e. The average molecular weight is 369 g/mol. The quantitative estimate of drug-likeness (QED) is 0.605. The zero-order valence-corrected chi connectivity index (χ0v) is 13.9. The highest BCUT2D eigenvalue weighted by Gasteiger charge is 2.48. The maximum absolute atomic E-state index is 12.5. The van der Waals surface area contributed by atoms with E-state index in [9.17, 15) is 27.6 Å². The van der Waals surface area contributed by atoms with Crippen LogP contribution in [0.3, 0.4) is 0 Å². The molecule has 1 heterocycles. The maximum Gasteiger partial charge on any atom is 0.416 e. The molecule has 2 aliphatic rings. The second-order valence-corrected chi connectivity index (χ2v) is 6.62. The van der Waals surface area contributed by atoms with Gasteiger partial charge in [-0.15, -0.1) is 0 Å². The molecule has 1 saturated carbocycles. The van der Waals surface area contributed by atoms with Crippen LogP contribution in [0.5, 0.6) is 0 Å². The second kappa shape index (κ2) is 7.09. The topological polar surface area (TPSA) is 63.7 Å². The molecule has 5 nitrogen and oxygen atoms in total. The van der Waals surface area contributed by atoms with Gasteiger partial charge in [0.15, 0.2) is 0 Å². The Morgan fingerprint density at radius 1 is 1.04 bits per heavy atom. The molecule has 8 heteroatoms. The Hall–Kier alpha value is -2.38. The number of hydrogen-bond acceptors (Lipinski definition) is 4. The van der Waals surface area contributed by atoms with Crippen molar-refractivity contribution in [1.29, 1.82) is 0 Å². The van der Waals surface area contributed by atoms with Crippen LogP contribution in [0, 0.1) is 11.8 Å². The molecular formula is C18H18F3NO4. The van der Waals surface area contributed by atoms with E-state index in [4.69, 9.17) is 4.74 Å². The van der Waals surface area contributed by atoms with Crippen LogP contribution in [0.1, 0.15) is 36.8 Å². The first-order valence-corrected chi connectivity index (χ1v) is 8.44. The molecule has 2 fully saturated rings. The van der Waals surface area contributed by atoms with Crippen molar-refractivity contribution in [3.8, 4) is 0 Å². The van der Waals surface area contributed by atoms with E-state index < -0.39 is 24.3 Å². The van der Waals surface area contributed by atoms with Gasteiger partial charge in [0.25, 0.3) is 0 Å². The van der Waals surface area contributed by atoms with Crippen molar-refractivity contribution in [2.24, 2.45) is 11.8 Å². The van der Waals surface area contributed by atoms with Gasteiger partial charge in [-0.05, 0) is 30.5 Å². The van der Waals surface area contributed by atoms with Gasteiger partial charge < -0.3 is 4.74 Å². The minimum Gasteiger partial charge on any atom is -0.459 e. The summed E-state index contributed by atoms with van der Waals surface area (Å²) in [5.41, 5.74) is -0.400. The number of imide groups is 1. The molecular weight excluding hydrogens is 351 g/mol. The fourth-order valence-electron chi connectivity index (χ4n) is 3.52. The molecule has 1 saturated heterocycles. The highest BCUT2D eigenvalue weighted by Crippen LogP contribution is 2.37. The number of ether oxygens (including phenoxy) is 1. The van der Waals surface area contributed by atoms with Crippen LogP contribution >= 0.6 is 0 Å². The number of carbonyl (C=O) groups excluding carboxylic acids is 3. The lowest BCUT2D eigenvalue weighted by molar-refractivity contribution is -0.153. The molecule has 0 radical (unpaired) electrons. The summed E-state index contributed by atoms with van der Waals surface area (Å²) in [4.78, 5) is 37.5. The number of fused-ring (bicyclic) bond motifs is 1. The molecule has 2 unspecified atom stereocenters. The first kappa shape index (κ1) is 18.4. The van der Waals surface area contributed by atoms with Crippen molar-refractivity contribution in [3.05, 3.63) is 35.4 Å². The van der Waals surface area contributed by atoms with Gasteiger partial charge in [-0.25, -0.2) is 0 Å². The fraction of sp³-hybridized carbons (Fsp3) is 0.500. The minimum atomic E-state index is -4.43. The number of hydrogen-bond donors (Lipinski definition) is 0. The van der Waals surface area contributed by atoms with E-state index in [-0.39, 0.29) is 30.3 Å². The maximum atomic E-state index is 12.5. The summed E-state index contributed by atoms with van der Waals surface area (Å²) in [7, 11) is 0. The lowest BCUT2D eigenvalue weighted by atomic mass is 9.81. The standard InChI is InChI=1S/C18H18F3NO4/c19-18(20,21)12-7-5-11(6-8-12)10-26-15(23)9-22-16(24)13-3-1-2-4-14(13)17(22)25/h5-8,13-14H,1-4,9-10H2. The van der Waals surface area contributed by atoms with E-state index in [1.54, 1.807) is 0 Å². The second-order valence-electron chi connectivity index (χ2n) is 6.62. The van der Waals surface area contributed by atoms with Gasteiger partial charge in [0.2, 0.25) is 11.8 Å². The van der Waals surface area contributed by atoms with Crippen LogP contribution in [-0.2, 0) is 31.9 Å². The average Bonchev–Trinajstić information content (AvgIpc) is 2.85. The van der Waals surface area contributed by atoms with Crippen molar-refractivity contribution >= 4 is 17.8 Å². The van der Waals surface area contributed by atoms with Gasteiger partial charge in [0.1, 0.15) is 13.2 Å². The number of halogens is 3. The summed E-state index contributed by atoms with van der Waals surface area (Å²) in [5.74, 6) is -2.08. The third-order valence-corrected chi connectivity index (χ3v) is 4.90. The number of benzene rings is 1. The lowest BCUT2D eigenvalue weighted by Gasteiger charge is -2.19. The Kier molecular flexibility index (Phi) is 5.02. The summed E-state index contributed by atoms with van der Waals surface area (Å²) >= 11 is 0. The van der Waals surface area contributed by atoms with Gasteiger partial charge in [-0.2, -0.15) is 13.2 Å². The Bertz CT molecular complexity index is 690. The third kappa shape index (κ3) is 3.73. The molecule has 0 spiro atoms. The van der Waals surface area contributed by atoms with Crippen LogP contribution in [0.25, 0.3) is 0 Å². The number of carbonyl (C=O) groups is 3. The van der Waals surface area contributed by atoms with Crippen LogP contribution < -0.4 is 0 Å². The van der Waals surface area contributed by atoms with Gasteiger partial charge in [0.05, 0.1) is 17.4 Å². The number of likely N-dealkylation sites (tertiary alicyclic amines) is 1. The van der Waals surface area contributed by atoms with Gasteiger partial charge in [-0.3, -0.25) is 19.3 Å². The van der Waals surface area contributed by atoms with Crippen molar-refractivity contribution in [1.82, 2.24) is 4.90 Å². The van der Waals surface area contributed by atoms with Crippen LogP contribution in [0.2, 0.25) is 0 Å². The number of rotatable bonds is 4. The zero-order chi connectivity index (χ0) is 18.9. The SMILES string of the molecule is O=C(CN1C(=O)C2CCCCC2C1=O)OCc1ccc(C(F)(F)F)cc1.